The van der Waals surface area contributed by atoms with Crippen molar-refractivity contribution in [2.45, 2.75) is 125 Å². The summed E-state index contributed by atoms with van der Waals surface area (Å²) in [5.41, 5.74) is 1.40. The number of hydrogen-bond donors (Lipinski definition) is 0. The van der Waals surface area contributed by atoms with Crippen LogP contribution in [0.25, 0.3) is 6.08 Å². The van der Waals surface area contributed by atoms with Crippen LogP contribution in [-0.4, -0.2) is 39.3 Å². The fraction of sp³-hybridized carbons (Fsp3) is 0.706. The minimum absolute atomic E-state index is 0.0588. The van der Waals surface area contributed by atoms with Crippen LogP contribution in [0.15, 0.2) is 9.70 Å². The predicted molar refractivity (Wildman–Crippen MR) is 182 cm³/mol. The van der Waals surface area contributed by atoms with Gasteiger partial charge in [0.25, 0.3) is 11.5 Å². The van der Waals surface area contributed by atoms with E-state index in [1.807, 2.05) is 13.0 Å². The molecule has 2 saturated heterocycles. The zero-order valence-electron chi connectivity index (χ0n) is 26.7. The molecule has 1 aromatic heterocycles. The lowest BCUT2D eigenvalue weighted by Crippen LogP contribution is -2.43. The Labute approximate surface area is 263 Å². The van der Waals surface area contributed by atoms with Crippen molar-refractivity contribution in [1.82, 2.24) is 9.47 Å². The van der Waals surface area contributed by atoms with Crippen LogP contribution < -0.4 is 10.5 Å². The highest BCUT2D eigenvalue weighted by Crippen LogP contribution is 2.37. The van der Waals surface area contributed by atoms with Gasteiger partial charge in [0.1, 0.15) is 21.8 Å². The van der Waals surface area contributed by atoms with Crippen LogP contribution in [0.1, 0.15) is 128 Å². The highest BCUT2D eigenvalue weighted by Gasteiger charge is 2.34. The summed E-state index contributed by atoms with van der Waals surface area (Å²) in [6.45, 7) is 13.6. The van der Waals surface area contributed by atoms with Gasteiger partial charge < -0.3 is 4.90 Å². The van der Waals surface area contributed by atoms with Crippen molar-refractivity contribution in [3.8, 4) is 6.07 Å². The molecule has 2 aliphatic rings. The molecule has 3 rings (SSSR count). The summed E-state index contributed by atoms with van der Waals surface area (Å²) in [4.78, 5) is 31.8. The molecule has 0 bridgehead atoms. The summed E-state index contributed by atoms with van der Waals surface area (Å²) in [7, 11) is 0. The van der Waals surface area contributed by atoms with Gasteiger partial charge in [0.2, 0.25) is 0 Å². The first-order valence-electron chi connectivity index (χ1n) is 16.4. The van der Waals surface area contributed by atoms with E-state index in [1.54, 1.807) is 9.47 Å². The molecule has 6 nitrogen and oxygen atoms in total. The lowest BCUT2D eigenvalue weighted by molar-refractivity contribution is -0.122. The number of unbranched alkanes of at least 4 members (excludes halogenated alkanes) is 10. The predicted octanol–water partition coefficient (Wildman–Crippen LogP) is 8.43. The first kappa shape index (κ1) is 34.4. The maximum atomic E-state index is 13.6. The second-order valence-corrected chi connectivity index (χ2v) is 14.2. The average Bonchev–Trinajstić information content (AvgIpc) is 3.21. The number of aromatic nitrogens is 1. The number of carbonyl (C=O) groups is 1. The number of piperidine rings is 1. The largest absolute Gasteiger partial charge is 0.357 e. The number of amides is 1. The summed E-state index contributed by atoms with van der Waals surface area (Å²) in [6, 6.07) is 2.17. The molecule has 2 unspecified atom stereocenters. The van der Waals surface area contributed by atoms with Crippen molar-refractivity contribution < 1.29 is 4.79 Å². The molecule has 0 aromatic carbocycles. The molecule has 0 radical (unpaired) electrons. The summed E-state index contributed by atoms with van der Waals surface area (Å²) < 4.78 is 2.40. The normalized spacial score (nSPS) is 20.1. The van der Waals surface area contributed by atoms with Crippen molar-refractivity contribution in [3.63, 3.8) is 0 Å². The number of pyridine rings is 1. The molecule has 42 heavy (non-hydrogen) atoms. The van der Waals surface area contributed by atoms with Gasteiger partial charge in [0.15, 0.2) is 0 Å². The third-order valence-electron chi connectivity index (χ3n) is 8.63. The maximum absolute atomic E-state index is 13.6. The molecule has 0 N–H and O–H groups in total. The van der Waals surface area contributed by atoms with E-state index in [0.29, 0.717) is 39.7 Å². The first-order chi connectivity index (χ1) is 20.2. The van der Waals surface area contributed by atoms with Crippen molar-refractivity contribution in [1.29, 1.82) is 5.26 Å². The highest BCUT2D eigenvalue weighted by molar-refractivity contribution is 8.26. The third kappa shape index (κ3) is 8.95. The Kier molecular flexibility index (Phi) is 14.1. The summed E-state index contributed by atoms with van der Waals surface area (Å²) >= 11 is 7.01. The van der Waals surface area contributed by atoms with Gasteiger partial charge in [0, 0.05) is 31.7 Å². The number of nitriles is 1. The van der Waals surface area contributed by atoms with Crippen molar-refractivity contribution in [2.75, 3.05) is 24.5 Å². The number of thioether (sulfide) groups is 1. The second-order valence-electron chi connectivity index (χ2n) is 12.5. The van der Waals surface area contributed by atoms with Crippen LogP contribution in [0.3, 0.4) is 0 Å². The molecule has 1 amide bonds. The Morgan fingerprint density at radius 3 is 2.05 bits per heavy atom. The van der Waals surface area contributed by atoms with Crippen LogP contribution in [0, 0.1) is 30.1 Å². The Balaban J connectivity index is 1.81. The molecule has 232 valence electrons. The Bertz CT molecular complexity index is 1210. The molecule has 1 aromatic rings. The molecule has 0 saturated carbocycles. The molecule has 2 fully saturated rings. The summed E-state index contributed by atoms with van der Waals surface area (Å²) in [5, 5.41) is 9.98. The second kappa shape index (κ2) is 17.3. The highest BCUT2D eigenvalue weighted by atomic mass is 32.2. The van der Waals surface area contributed by atoms with E-state index in [1.165, 1.54) is 63.1 Å². The monoisotopic (exact) mass is 612 g/mol. The number of carbonyl (C=O) groups excluding carboxylic acids is 1. The van der Waals surface area contributed by atoms with E-state index in [9.17, 15) is 14.9 Å². The zero-order chi connectivity index (χ0) is 30.6. The van der Waals surface area contributed by atoms with Gasteiger partial charge in [-0.1, -0.05) is 116 Å². The number of nitrogens with zero attached hydrogens (tertiary/aromatic N) is 4. The van der Waals surface area contributed by atoms with Crippen LogP contribution in [0.2, 0.25) is 0 Å². The Morgan fingerprint density at radius 1 is 0.905 bits per heavy atom. The number of rotatable bonds is 16. The van der Waals surface area contributed by atoms with E-state index < -0.39 is 0 Å². The van der Waals surface area contributed by atoms with E-state index in [4.69, 9.17) is 12.2 Å². The van der Waals surface area contributed by atoms with E-state index in [-0.39, 0.29) is 17.0 Å². The number of thiocarbonyl (C=S) groups is 1. The topological polar surface area (TPSA) is 69.3 Å². The van der Waals surface area contributed by atoms with Gasteiger partial charge in [-0.05, 0) is 49.7 Å². The zero-order valence-corrected chi connectivity index (χ0v) is 28.3. The average molecular weight is 613 g/mol. The van der Waals surface area contributed by atoms with Crippen LogP contribution in [-0.2, 0) is 11.3 Å². The summed E-state index contributed by atoms with van der Waals surface area (Å²) in [5.74, 6) is 1.78. The molecule has 0 spiro atoms. The van der Waals surface area contributed by atoms with Crippen molar-refractivity contribution >= 4 is 46.1 Å². The Hall–Kier alpha value is -2.11. The van der Waals surface area contributed by atoms with E-state index in [0.717, 1.165) is 56.6 Å². The molecule has 0 aliphatic carbocycles. The van der Waals surface area contributed by atoms with Crippen LogP contribution in [0.5, 0.6) is 0 Å². The minimum Gasteiger partial charge on any atom is -0.357 e. The molecular formula is C34H52N4O2S2. The fourth-order valence-corrected chi connectivity index (χ4v) is 7.72. The van der Waals surface area contributed by atoms with Gasteiger partial charge in [-0.25, -0.2) is 0 Å². The number of anilines is 1. The van der Waals surface area contributed by atoms with Gasteiger partial charge in [-0.3, -0.25) is 19.1 Å². The maximum Gasteiger partial charge on any atom is 0.270 e. The SMILES string of the molecule is CCCCCCCCCCCCN1C(=O)/C(=C/c2c(C)c(C#N)c(=O)n(CCCC)c2N2CC(C)CC(C)C2)SC1=S. The standard InChI is InChI=1S/C34H52N4O2S2/c1-6-8-10-11-12-13-14-15-16-17-19-38-33(40)30(42-34(38)41)21-28-27(5)29(22-35)32(39)37(18-9-7-2)31(28)36-23-25(3)20-26(4)24-36/h21,25-26H,6-20,23-24H2,1-5H3/b30-21-. The smallest absolute Gasteiger partial charge is 0.270 e. The first-order valence-corrected chi connectivity index (χ1v) is 17.6. The quantitative estimate of drug-likeness (QED) is 0.106. The van der Waals surface area contributed by atoms with E-state index in [2.05, 4.69) is 38.7 Å². The molecule has 3 heterocycles. The third-order valence-corrected chi connectivity index (χ3v) is 10.0. The van der Waals surface area contributed by atoms with Crippen molar-refractivity contribution in [3.05, 3.63) is 31.9 Å². The fourth-order valence-electron chi connectivity index (χ4n) is 6.43. The Morgan fingerprint density at radius 2 is 1.48 bits per heavy atom. The lowest BCUT2D eigenvalue weighted by Gasteiger charge is -2.39. The summed E-state index contributed by atoms with van der Waals surface area (Å²) in [6.07, 6.45) is 17.3. The van der Waals surface area contributed by atoms with Crippen LogP contribution >= 0.6 is 24.0 Å². The van der Waals surface area contributed by atoms with Crippen molar-refractivity contribution in [2.24, 2.45) is 11.8 Å². The van der Waals surface area contributed by atoms with Gasteiger partial charge in [-0.15, -0.1) is 0 Å². The lowest BCUT2D eigenvalue weighted by atomic mass is 9.91. The number of hydrogen-bond acceptors (Lipinski definition) is 6. The van der Waals surface area contributed by atoms with Gasteiger partial charge in [-0.2, -0.15) is 5.26 Å². The minimum atomic E-state index is -0.227. The molecule has 8 heteroatoms. The molecule has 2 aliphatic heterocycles. The van der Waals surface area contributed by atoms with Gasteiger partial charge in [0.05, 0.1) is 4.91 Å². The molecule has 2 atom stereocenters. The molecular weight excluding hydrogens is 561 g/mol. The van der Waals surface area contributed by atoms with E-state index >= 15 is 0 Å². The van der Waals surface area contributed by atoms with Gasteiger partial charge >= 0.3 is 0 Å². The van der Waals surface area contributed by atoms with Crippen LogP contribution in [0.4, 0.5) is 5.82 Å².